The summed E-state index contributed by atoms with van der Waals surface area (Å²) in [5.41, 5.74) is 1.78. The van der Waals surface area contributed by atoms with Crippen LogP contribution in [0, 0.1) is 6.92 Å². The Balaban J connectivity index is 2.92. The minimum Gasteiger partial charge on any atom is -0.294 e. The lowest BCUT2D eigenvalue weighted by Gasteiger charge is -2.29. The number of hydrogen-bond acceptors (Lipinski definition) is 3. The normalized spacial score (nSPS) is 12.5. The summed E-state index contributed by atoms with van der Waals surface area (Å²) in [4.78, 5) is 23.6. The van der Waals surface area contributed by atoms with Crippen molar-refractivity contribution in [1.82, 2.24) is 0 Å². The van der Waals surface area contributed by atoms with Gasteiger partial charge in [-0.1, -0.05) is 31.9 Å². The number of carbonyl (C=O) groups excluding carboxylic acids is 1. The van der Waals surface area contributed by atoms with Crippen LogP contribution in [0.4, 0.5) is 0 Å². The molecular weight excluding hydrogens is 288 g/mol. The average molecular weight is 320 g/mol. The molecule has 1 aromatic carbocycles. The Kier molecular flexibility index (Phi) is 6.97. The van der Waals surface area contributed by atoms with Gasteiger partial charge in [0.25, 0.3) is 0 Å². The highest BCUT2D eigenvalue weighted by atomic mass is 17.2. The Morgan fingerprint density at radius 2 is 1.70 bits per heavy atom. The number of Topliss-reactive ketones (excluding diaryl/α,β-unsaturated/α-hetero) is 1. The molecule has 0 saturated carbocycles. The second-order valence-electron chi connectivity index (χ2n) is 7.70. The number of hydrogen-bond donors (Lipinski definition) is 0. The lowest BCUT2D eigenvalue weighted by Crippen LogP contribution is -2.29. The van der Waals surface area contributed by atoms with E-state index in [1.54, 1.807) is 0 Å². The third kappa shape index (κ3) is 6.44. The zero-order valence-electron chi connectivity index (χ0n) is 15.8. The van der Waals surface area contributed by atoms with Gasteiger partial charge in [-0.15, -0.1) is 0 Å². The van der Waals surface area contributed by atoms with Crippen LogP contribution >= 0.6 is 0 Å². The molecule has 0 heterocycles. The van der Waals surface area contributed by atoms with Gasteiger partial charge >= 0.3 is 0 Å². The summed E-state index contributed by atoms with van der Waals surface area (Å²) in [6.45, 7) is 13.9. The van der Waals surface area contributed by atoms with Crippen LogP contribution in [-0.2, 0) is 15.4 Å². The second-order valence-corrected chi connectivity index (χ2v) is 7.70. The van der Waals surface area contributed by atoms with Crippen molar-refractivity contribution >= 4 is 5.78 Å². The molecule has 3 heteroatoms. The molecule has 0 aliphatic carbocycles. The van der Waals surface area contributed by atoms with Crippen molar-refractivity contribution in [3.8, 4) is 0 Å². The molecule has 3 nitrogen and oxygen atoms in total. The van der Waals surface area contributed by atoms with Crippen molar-refractivity contribution in [2.45, 2.75) is 85.4 Å². The van der Waals surface area contributed by atoms with Crippen LogP contribution in [0.15, 0.2) is 18.2 Å². The summed E-state index contributed by atoms with van der Waals surface area (Å²) >= 11 is 0. The summed E-state index contributed by atoms with van der Waals surface area (Å²) < 4.78 is 0. The van der Waals surface area contributed by atoms with Crippen LogP contribution in [0.3, 0.4) is 0 Å². The summed E-state index contributed by atoms with van der Waals surface area (Å²) in [6, 6.07) is 5.95. The van der Waals surface area contributed by atoms with Gasteiger partial charge in [0.05, 0.1) is 5.60 Å². The Bertz CT molecular complexity index is 524. The van der Waals surface area contributed by atoms with E-state index in [-0.39, 0.29) is 11.4 Å². The van der Waals surface area contributed by atoms with E-state index in [4.69, 9.17) is 9.78 Å². The summed E-state index contributed by atoms with van der Waals surface area (Å²) in [7, 11) is 0. The van der Waals surface area contributed by atoms with Gasteiger partial charge in [0.1, 0.15) is 5.60 Å². The summed E-state index contributed by atoms with van der Waals surface area (Å²) in [5.74, 6) is 0.213. The maximum absolute atomic E-state index is 12.5. The number of ketones is 1. The molecule has 23 heavy (non-hydrogen) atoms. The largest absolute Gasteiger partial charge is 0.294 e. The summed E-state index contributed by atoms with van der Waals surface area (Å²) in [6.07, 6.45) is 3.78. The van der Waals surface area contributed by atoms with Crippen molar-refractivity contribution in [2.75, 3.05) is 0 Å². The van der Waals surface area contributed by atoms with Crippen LogP contribution < -0.4 is 0 Å². The predicted molar refractivity (Wildman–Crippen MR) is 94.6 cm³/mol. The maximum Gasteiger partial charge on any atom is 0.163 e. The molecule has 0 unspecified atom stereocenters. The molecule has 0 aromatic heterocycles. The van der Waals surface area contributed by atoms with E-state index >= 15 is 0 Å². The molecule has 0 atom stereocenters. The van der Waals surface area contributed by atoms with Crippen molar-refractivity contribution in [3.05, 3.63) is 34.9 Å². The van der Waals surface area contributed by atoms with Crippen LogP contribution in [0.5, 0.6) is 0 Å². The molecule has 130 valence electrons. The molecule has 0 saturated heterocycles. The third-order valence-corrected chi connectivity index (χ3v) is 3.74. The van der Waals surface area contributed by atoms with Crippen molar-refractivity contribution in [2.24, 2.45) is 0 Å². The van der Waals surface area contributed by atoms with E-state index in [0.29, 0.717) is 6.42 Å². The van der Waals surface area contributed by atoms with Gasteiger partial charge in [0.15, 0.2) is 5.78 Å². The first-order chi connectivity index (χ1) is 10.6. The van der Waals surface area contributed by atoms with Crippen LogP contribution in [-0.4, -0.2) is 11.4 Å². The minimum absolute atomic E-state index is 0.213. The first-order valence-electron chi connectivity index (χ1n) is 8.58. The fraction of sp³-hybridized carbons (Fsp3) is 0.650. The van der Waals surface area contributed by atoms with Gasteiger partial charge in [0.2, 0.25) is 0 Å². The monoisotopic (exact) mass is 320 g/mol. The van der Waals surface area contributed by atoms with E-state index in [0.717, 1.165) is 36.0 Å². The molecule has 0 aliphatic rings. The first kappa shape index (κ1) is 19.9. The lowest BCUT2D eigenvalue weighted by atomic mass is 9.91. The fourth-order valence-corrected chi connectivity index (χ4v) is 2.24. The van der Waals surface area contributed by atoms with Gasteiger partial charge in [-0.05, 0) is 65.2 Å². The van der Waals surface area contributed by atoms with E-state index in [2.05, 4.69) is 6.92 Å². The molecular formula is C20H32O3. The van der Waals surface area contributed by atoms with E-state index in [1.807, 2.05) is 59.7 Å². The third-order valence-electron chi connectivity index (χ3n) is 3.74. The fourth-order valence-electron chi connectivity index (χ4n) is 2.24. The van der Waals surface area contributed by atoms with Crippen LogP contribution in [0.1, 0.15) is 88.7 Å². The Hall–Kier alpha value is -1.19. The molecule has 0 radical (unpaired) electrons. The molecule has 0 amide bonds. The van der Waals surface area contributed by atoms with Crippen LogP contribution in [0.25, 0.3) is 0 Å². The van der Waals surface area contributed by atoms with Crippen molar-refractivity contribution in [3.63, 3.8) is 0 Å². The molecule has 0 N–H and O–H groups in total. The van der Waals surface area contributed by atoms with Gasteiger partial charge in [0, 0.05) is 12.0 Å². The van der Waals surface area contributed by atoms with Gasteiger partial charge < -0.3 is 0 Å². The number of rotatable bonds is 8. The van der Waals surface area contributed by atoms with Gasteiger partial charge in [-0.25, -0.2) is 9.78 Å². The first-order valence-corrected chi connectivity index (χ1v) is 8.58. The molecule has 1 aromatic rings. The molecule has 0 aliphatic heterocycles. The topological polar surface area (TPSA) is 35.5 Å². The molecule has 0 bridgehead atoms. The van der Waals surface area contributed by atoms with Crippen molar-refractivity contribution in [1.29, 1.82) is 0 Å². The van der Waals surface area contributed by atoms with Gasteiger partial charge in [-0.3, -0.25) is 4.79 Å². The van der Waals surface area contributed by atoms with E-state index < -0.39 is 5.60 Å². The quantitative estimate of drug-likeness (QED) is 0.265. The number of carbonyl (C=O) groups is 1. The Labute approximate surface area is 141 Å². The average Bonchev–Trinajstić information content (AvgIpc) is 2.45. The second kappa shape index (κ2) is 8.07. The Morgan fingerprint density at radius 1 is 1.04 bits per heavy atom. The zero-order valence-corrected chi connectivity index (χ0v) is 15.8. The molecule has 0 spiro atoms. The minimum atomic E-state index is -0.612. The SMILES string of the molecule is CCCCCC(=O)c1cc(C(C)(C)OOC(C)(C)C)ccc1C. The number of benzene rings is 1. The molecule has 1 rings (SSSR count). The smallest absolute Gasteiger partial charge is 0.163 e. The van der Waals surface area contributed by atoms with E-state index in [1.165, 1.54) is 0 Å². The highest BCUT2D eigenvalue weighted by molar-refractivity contribution is 5.97. The standard InChI is InChI=1S/C20H32O3/c1-8-9-10-11-18(21)17-14-16(13-12-15(17)2)20(6,7)23-22-19(3,4)5/h12-14H,8-11H2,1-7H3. The lowest BCUT2D eigenvalue weighted by molar-refractivity contribution is -0.401. The number of aryl methyl sites for hydroxylation is 1. The maximum atomic E-state index is 12.5. The zero-order chi connectivity index (χ0) is 17.7. The number of unbranched alkanes of at least 4 members (excludes halogenated alkanes) is 2. The Morgan fingerprint density at radius 3 is 2.26 bits per heavy atom. The predicted octanol–water partition coefficient (Wildman–Crippen LogP) is 5.74. The molecule has 0 fully saturated rings. The van der Waals surface area contributed by atoms with Crippen LogP contribution in [0.2, 0.25) is 0 Å². The van der Waals surface area contributed by atoms with Gasteiger partial charge in [-0.2, -0.15) is 0 Å². The van der Waals surface area contributed by atoms with E-state index in [9.17, 15) is 4.79 Å². The highest BCUT2D eigenvalue weighted by Gasteiger charge is 2.27. The summed E-state index contributed by atoms with van der Waals surface area (Å²) in [5, 5.41) is 0. The van der Waals surface area contributed by atoms with Crippen molar-refractivity contribution < 1.29 is 14.6 Å². The highest BCUT2D eigenvalue weighted by Crippen LogP contribution is 2.29.